The molecule has 3 rings (SSSR count). The normalized spacial score (nSPS) is 11.2. The van der Waals surface area contributed by atoms with Gasteiger partial charge in [0.25, 0.3) is 5.56 Å². The maximum atomic E-state index is 12.7. The van der Waals surface area contributed by atoms with E-state index in [2.05, 4.69) is 10.1 Å². The Balaban J connectivity index is 2.24. The van der Waals surface area contributed by atoms with Crippen LogP contribution < -0.4 is 5.56 Å². The van der Waals surface area contributed by atoms with Gasteiger partial charge in [-0.2, -0.15) is 0 Å². The summed E-state index contributed by atoms with van der Waals surface area (Å²) in [6.45, 7) is 5.54. The average Bonchev–Trinajstić information content (AvgIpc) is 3.00. The molecule has 8 heteroatoms. The van der Waals surface area contributed by atoms with Crippen LogP contribution in [0, 0.1) is 20.8 Å². The van der Waals surface area contributed by atoms with Crippen LogP contribution in [0.15, 0.2) is 14.7 Å². The Bertz CT molecular complexity index is 932. The topological polar surface area (TPSA) is 98.2 Å². The third-order valence-corrected chi connectivity index (χ3v) is 4.48. The first-order chi connectivity index (χ1) is 10.4. The molecule has 0 fully saturated rings. The van der Waals surface area contributed by atoms with E-state index in [4.69, 9.17) is 4.52 Å². The number of aromatic carboxylic acids is 1. The Hall–Kier alpha value is -2.48. The van der Waals surface area contributed by atoms with E-state index in [9.17, 15) is 14.7 Å². The summed E-state index contributed by atoms with van der Waals surface area (Å²) in [6, 6.07) is 0. The summed E-state index contributed by atoms with van der Waals surface area (Å²) >= 11 is 1.16. The van der Waals surface area contributed by atoms with Crippen LogP contribution in [0.4, 0.5) is 0 Å². The van der Waals surface area contributed by atoms with Crippen molar-refractivity contribution in [2.75, 3.05) is 0 Å². The second-order valence-electron chi connectivity index (χ2n) is 4.99. The number of carbonyl (C=O) groups is 1. The smallest absolute Gasteiger partial charge is 0.337 e. The van der Waals surface area contributed by atoms with Crippen LogP contribution in [0.1, 0.15) is 33.2 Å². The molecule has 0 bridgehead atoms. The van der Waals surface area contributed by atoms with Gasteiger partial charge in [-0.1, -0.05) is 5.16 Å². The molecule has 0 unspecified atom stereocenters. The van der Waals surface area contributed by atoms with Crippen molar-refractivity contribution in [2.24, 2.45) is 0 Å². The molecule has 0 atom stereocenters. The highest BCUT2D eigenvalue weighted by molar-refractivity contribution is 7.17. The fraction of sp³-hybridized carbons (Fsp3) is 0.286. The maximum Gasteiger partial charge on any atom is 0.337 e. The average molecular weight is 319 g/mol. The number of aryl methyl sites for hydroxylation is 3. The van der Waals surface area contributed by atoms with E-state index >= 15 is 0 Å². The quantitative estimate of drug-likeness (QED) is 0.794. The van der Waals surface area contributed by atoms with E-state index in [0.29, 0.717) is 22.1 Å². The molecular formula is C14H13N3O4S. The number of thiophene rings is 1. The van der Waals surface area contributed by atoms with Crippen LogP contribution in [0.3, 0.4) is 0 Å². The first kappa shape index (κ1) is 14.5. The number of hydrogen-bond donors (Lipinski definition) is 1. The van der Waals surface area contributed by atoms with Gasteiger partial charge in [0, 0.05) is 10.9 Å². The van der Waals surface area contributed by atoms with Crippen molar-refractivity contribution in [2.45, 2.75) is 27.3 Å². The van der Waals surface area contributed by atoms with E-state index < -0.39 is 5.97 Å². The summed E-state index contributed by atoms with van der Waals surface area (Å²) in [5, 5.41) is 14.7. The second-order valence-corrected chi connectivity index (χ2v) is 5.85. The zero-order valence-electron chi connectivity index (χ0n) is 12.2. The van der Waals surface area contributed by atoms with E-state index in [1.54, 1.807) is 20.8 Å². The van der Waals surface area contributed by atoms with Gasteiger partial charge in [0.15, 0.2) is 0 Å². The summed E-state index contributed by atoms with van der Waals surface area (Å²) in [5.41, 5.74) is 1.14. The van der Waals surface area contributed by atoms with Crippen LogP contribution in [0.2, 0.25) is 0 Å². The molecular weight excluding hydrogens is 306 g/mol. The molecule has 114 valence electrons. The molecule has 3 heterocycles. The minimum Gasteiger partial charge on any atom is -0.478 e. The number of nitrogens with zero attached hydrogens (tertiary/aromatic N) is 3. The van der Waals surface area contributed by atoms with E-state index in [-0.39, 0.29) is 23.1 Å². The van der Waals surface area contributed by atoms with Crippen LogP contribution in [-0.4, -0.2) is 25.8 Å². The minimum atomic E-state index is -1.13. The van der Waals surface area contributed by atoms with Crippen molar-refractivity contribution in [3.8, 4) is 0 Å². The molecule has 0 amide bonds. The molecule has 0 saturated carbocycles. The Morgan fingerprint density at radius 2 is 2.14 bits per heavy atom. The molecule has 0 aliphatic heterocycles. The van der Waals surface area contributed by atoms with Crippen LogP contribution >= 0.6 is 11.3 Å². The Labute approximate surface area is 128 Å². The number of hydrogen-bond acceptors (Lipinski definition) is 6. The van der Waals surface area contributed by atoms with Gasteiger partial charge in [-0.05, 0) is 20.8 Å². The molecule has 3 aromatic heterocycles. The predicted molar refractivity (Wildman–Crippen MR) is 80.7 cm³/mol. The van der Waals surface area contributed by atoms with Crippen molar-refractivity contribution in [1.29, 1.82) is 0 Å². The number of aromatic nitrogens is 3. The highest BCUT2D eigenvalue weighted by Gasteiger charge is 2.19. The summed E-state index contributed by atoms with van der Waals surface area (Å²) in [7, 11) is 0. The standard InChI is InChI=1S/C14H13N3O4S/c1-6-9(7(2)21-16-6)4-17-8(3)15-12-11(13(17)18)10(5-22-12)14(19)20/h5H,4H2,1-3H3,(H,19,20). The molecule has 7 nitrogen and oxygen atoms in total. The molecule has 0 aromatic carbocycles. The van der Waals surface area contributed by atoms with E-state index in [0.717, 1.165) is 16.9 Å². The van der Waals surface area contributed by atoms with Crippen LogP contribution in [0.25, 0.3) is 10.2 Å². The van der Waals surface area contributed by atoms with Gasteiger partial charge in [-0.15, -0.1) is 11.3 Å². The highest BCUT2D eigenvalue weighted by Crippen LogP contribution is 2.22. The maximum absolute atomic E-state index is 12.7. The van der Waals surface area contributed by atoms with E-state index in [1.807, 2.05) is 0 Å². The van der Waals surface area contributed by atoms with Crippen molar-refractivity contribution < 1.29 is 14.4 Å². The molecule has 0 aliphatic carbocycles. The van der Waals surface area contributed by atoms with Gasteiger partial charge in [0.05, 0.1) is 23.2 Å². The molecule has 0 radical (unpaired) electrons. The van der Waals surface area contributed by atoms with Crippen molar-refractivity contribution in [3.63, 3.8) is 0 Å². The molecule has 0 saturated heterocycles. The first-order valence-corrected chi connectivity index (χ1v) is 7.41. The fourth-order valence-corrected chi connectivity index (χ4v) is 3.30. The Morgan fingerprint density at radius 1 is 1.41 bits per heavy atom. The SMILES string of the molecule is Cc1noc(C)c1Cn1c(C)nc2scc(C(=O)O)c2c1=O. The van der Waals surface area contributed by atoms with Gasteiger partial charge in [-0.25, -0.2) is 9.78 Å². The summed E-state index contributed by atoms with van der Waals surface area (Å²) in [4.78, 5) is 28.7. The van der Waals surface area contributed by atoms with Crippen molar-refractivity contribution in [1.82, 2.24) is 14.7 Å². The van der Waals surface area contributed by atoms with Gasteiger partial charge in [-0.3, -0.25) is 9.36 Å². The molecule has 1 N–H and O–H groups in total. The lowest BCUT2D eigenvalue weighted by Crippen LogP contribution is -2.25. The van der Waals surface area contributed by atoms with Gasteiger partial charge in [0.1, 0.15) is 16.4 Å². The largest absolute Gasteiger partial charge is 0.478 e. The summed E-state index contributed by atoms with van der Waals surface area (Å²) in [6.07, 6.45) is 0. The third-order valence-electron chi connectivity index (χ3n) is 3.61. The third kappa shape index (κ3) is 2.12. The Kier molecular flexibility index (Phi) is 3.32. The highest BCUT2D eigenvalue weighted by atomic mass is 32.1. The lowest BCUT2D eigenvalue weighted by molar-refractivity contribution is 0.0699. The Morgan fingerprint density at radius 3 is 2.73 bits per heavy atom. The van der Waals surface area contributed by atoms with Crippen LogP contribution in [-0.2, 0) is 6.54 Å². The van der Waals surface area contributed by atoms with Gasteiger partial charge >= 0.3 is 5.97 Å². The number of rotatable bonds is 3. The molecule has 3 aromatic rings. The summed E-state index contributed by atoms with van der Waals surface area (Å²) in [5.74, 6) is 0.0295. The lowest BCUT2D eigenvalue weighted by atomic mass is 10.2. The van der Waals surface area contributed by atoms with E-state index in [1.165, 1.54) is 9.95 Å². The number of carboxylic acids is 1. The molecule has 0 spiro atoms. The van der Waals surface area contributed by atoms with Crippen LogP contribution in [0.5, 0.6) is 0 Å². The molecule has 22 heavy (non-hydrogen) atoms. The lowest BCUT2D eigenvalue weighted by Gasteiger charge is -2.09. The first-order valence-electron chi connectivity index (χ1n) is 6.53. The monoisotopic (exact) mass is 319 g/mol. The zero-order valence-corrected chi connectivity index (χ0v) is 13.0. The van der Waals surface area contributed by atoms with Crippen molar-refractivity contribution in [3.05, 3.63) is 44.1 Å². The predicted octanol–water partition coefficient (Wildman–Crippen LogP) is 2.12. The second kappa shape index (κ2) is 5.06. The van der Waals surface area contributed by atoms with Gasteiger partial charge < -0.3 is 9.63 Å². The minimum absolute atomic E-state index is 0.00925. The number of fused-ring (bicyclic) bond motifs is 1. The summed E-state index contributed by atoms with van der Waals surface area (Å²) < 4.78 is 6.56. The number of carboxylic acid groups (broad SMARTS) is 1. The fourth-order valence-electron chi connectivity index (χ4n) is 2.36. The molecule has 0 aliphatic rings. The zero-order chi connectivity index (χ0) is 16.0. The van der Waals surface area contributed by atoms with Gasteiger partial charge in [0.2, 0.25) is 0 Å². The van der Waals surface area contributed by atoms with Crippen molar-refractivity contribution >= 4 is 27.5 Å².